The van der Waals surface area contributed by atoms with E-state index in [4.69, 9.17) is 0 Å². The Labute approximate surface area is 232 Å². The van der Waals surface area contributed by atoms with Gasteiger partial charge < -0.3 is 19.3 Å². The van der Waals surface area contributed by atoms with Gasteiger partial charge in [-0.15, -0.1) is 4.28 Å². The van der Waals surface area contributed by atoms with Gasteiger partial charge >= 0.3 is 16.4 Å². The van der Waals surface area contributed by atoms with Gasteiger partial charge in [-0.3, -0.25) is 20.2 Å². The van der Waals surface area contributed by atoms with Crippen molar-refractivity contribution in [2.24, 2.45) is 0 Å². The summed E-state index contributed by atoms with van der Waals surface area (Å²) in [6.45, 7) is 11.4. The van der Waals surface area contributed by atoms with E-state index in [0.717, 1.165) is 75.5 Å². The number of nitrogens with zero attached hydrogens (tertiary/aromatic N) is 3. The summed E-state index contributed by atoms with van der Waals surface area (Å²) < 4.78 is 37.5. The summed E-state index contributed by atoms with van der Waals surface area (Å²) >= 11 is 0. The molecule has 2 aliphatic heterocycles. The number of urea groups is 1. The van der Waals surface area contributed by atoms with E-state index in [0.29, 0.717) is 5.06 Å². The first-order valence-electron chi connectivity index (χ1n) is 14.3. The second-order valence-electron chi connectivity index (χ2n) is 10.9. The van der Waals surface area contributed by atoms with Gasteiger partial charge in [-0.2, -0.15) is 13.5 Å². The largest absolute Gasteiger partial charge is 0.529 e. The second-order valence-corrected chi connectivity index (χ2v) is 11.9. The Morgan fingerprint density at radius 3 is 2.10 bits per heavy atom. The molecule has 2 aliphatic rings. The van der Waals surface area contributed by atoms with Crippen molar-refractivity contribution in [2.75, 3.05) is 26.2 Å². The van der Waals surface area contributed by atoms with Crippen molar-refractivity contribution in [1.29, 1.82) is 0 Å². The number of unbranched alkanes of at least 4 members (excludes halogenated alkanes) is 3. The monoisotopic (exact) mass is 577 g/mol. The fourth-order valence-corrected chi connectivity index (χ4v) is 6.69. The molecule has 0 aromatic heterocycles. The van der Waals surface area contributed by atoms with E-state index in [1.807, 2.05) is 5.43 Å². The molecule has 13 nitrogen and oxygen atoms in total. The first kappa shape index (κ1) is 33.0. The number of nitrogens with one attached hydrogen (secondary N) is 2. The highest BCUT2D eigenvalue weighted by Crippen LogP contribution is 2.43. The highest BCUT2D eigenvalue weighted by Gasteiger charge is 2.60. The van der Waals surface area contributed by atoms with Crippen molar-refractivity contribution in [3.05, 3.63) is 0 Å². The molecule has 1 unspecified atom stereocenters. The summed E-state index contributed by atoms with van der Waals surface area (Å²) in [5, 5.41) is 11.7. The van der Waals surface area contributed by atoms with Gasteiger partial charge in [0.25, 0.3) is 5.91 Å². The van der Waals surface area contributed by atoms with Crippen molar-refractivity contribution in [2.45, 2.75) is 116 Å². The molecule has 39 heavy (non-hydrogen) atoms. The molecular weight excluding hydrogens is 530 g/mol. The molecule has 0 aromatic carbocycles. The standard InChI is InChI=1S/C25H47N5O8S/c1-5-9-15-30(16-10-6-2,17-11-7-3)21(12-8-4)18-25(22(31)26-27-23(32)33)14-13-20-19-28(25)24(34)29(20)38-39(35,36)37/h20-21,27H,5-19H2,1-4H3,(H2-,26,31,32,33,35,36,37)/t20-,21?,25+/m1/s1. The molecule has 2 saturated heterocycles. The van der Waals surface area contributed by atoms with Gasteiger partial charge in [-0.1, -0.05) is 53.4 Å². The molecule has 3 atom stereocenters. The van der Waals surface area contributed by atoms with Gasteiger partial charge in [0.2, 0.25) is 0 Å². The molecule has 3 N–H and O–H groups in total. The van der Waals surface area contributed by atoms with Crippen molar-refractivity contribution in [3.8, 4) is 0 Å². The number of hydroxylamine groups is 2. The van der Waals surface area contributed by atoms with Crippen LogP contribution in [-0.2, 0) is 19.5 Å². The van der Waals surface area contributed by atoms with Gasteiger partial charge in [0, 0.05) is 13.0 Å². The van der Waals surface area contributed by atoms with Crippen molar-refractivity contribution in [3.63, 3.8) is 0 Å². The van der Waals surface area contributed by atoms with E-state index in [-0.39, 0.29) is 31.8 Å². The van der Waals surface area contributed by atoms with Crippen LogP contribution in [-0.4, -0.2) is 89.2 Å². The summed E-state index contributed by atoms with van der Waals surface area (Å²) in [5.74, 6) is -0.701. The first-order chi connectivity index (χ1) is 18.4. The van der Waals surface area contributed by atoms with Crippen LogP contribution in [0.25, 0.3) is 0 Å². The number of fused-ring (bicyclic) bond motifs is 2. The Bertz CT molecular complexity index is 927. The topological polar surface area (TPSA) is 168 Å². The summed E-state index contributed by atoms with van der Waals surface area (Å²) in [7, 11) is -4.97. The third-order valence-corrected chi connectivity index (χ3v) is 8.62. The second kappa shape index (κ2) is 14.5. The summed E-state index contributed by atoms with van der Waals surface area (Å²) in [5.41, 5.74) is 2.57. The molecule has 2 fully saturated rings. The highest BCUT2D eigenvalue weighted by atomic mass is 32.3. The molecule has 0 spiro atoms. The van der Waals surface area contributed by atoms with E-state index in [1.165, 1.54) is 4.90 Å². The van der Waals surface area contributed by atoms with E-state index < -0.39 is 40.0 Å². The Hall–Kier alpha value is -2.16. The minimum atomic E-state index is -4.97. The van der Waals surface area contributed by atoms with Crippen LogP contribution in [0.1, 0.15) is 98.3 Å². The highest BCUT2D eigenvalue weighted by molar-refractivity contribution is 7.80. The van der Waals surface area contributed by atoms with Crippen LogP contribution < -0.4 is 16.0 Å². The van der Waals surface area contributed by atoms with Crippen LogP contribution in [0.15, 0.2) is 0 Å². The molecule has 14 heteroatoms. The van der Waals surface area contributed by atoms with Crippen molar-refractivity contribution in [1.82, 2.24) is 20.8 Å². The number of amides is 4. The van der Waals surface area contributed by atoms with E-state index in [9.17, 15) is 32.5 Å². The van der Waals surface area contributed by atoms with Gasteiger partial charge in [0.05, 0.1) is 31.7 Å². The third kappa shape index (κ3) is 8.18. The number of hydrazine groups is 1. The molecule has 0 saturated carbocycles. The van der Waals surface area contributed by atoms with E-state index in [2.05, 4.69) is 37.4 Å². The number of carbonyl (C=O) groups excluding carboxylic acids is 3. The average Bonchev–Trinajstić information content (AvgIpc) is 3.13. The number of rotatable bonds is 17. The number of quaternary nitrogens is 1. The van der Waals surface area contributed by atoms with Crippen molar-refractivity contribution >= 4 is 28.4 Å². The maximum absolute atomic E-state index is 13.8. The summed E-state index contributed by atoms with van der Waals surface area (Å²) in [6, 6.07) is -1.55. The Morgan fingerprint density at radius 1 is 1.08 bits per heavy atom. The lowest BCUT2D eigenvalue weighted by atomic mass is 9.78. The lowest BCUT2D eigenvalue weighted by molar-refractivity contribution is -0.953. The Balaban J connectivity index is 2.58. The zero-order chi connectivity index (χ0) is 29.3. The lowest BCUT2D eigenvalue weighted by Gasteiger charge is -2.51. The van der Waals surface area contributed by atoms with Crippen LogP contribution in [0.4, 0.5) is 9.59 Å². The quantitative estimate of drug-likeness (QED) is 0.134. The maximum atomic E-state index is 13.8. The number of hydrogen-bond donors (Lipinski definition) is 3. The Morgan fingerprint density at radius 2 is 1.64 bits per heavy atom. The number of hydrogen-bond acceptors (Lipinski definition) is 7. The predicted molar refractivity (Wildman–Crippen MR) is 142 cm³/mol. The first-order valence-corrected chi connectivity index (χ1v) is 15.7. The fourth-order valence-electron chi connectivity index (χ4n) is 6.30. The molecule has 226 valence electrons. The van der Waals surface area contributed by atoms with Crippen LogP contribution in [0, 0.1) is 0 Å². The molecule has 2 heterocycles. The molecule has 0 radical (unpaired) electrons. The summed E-state index contributed by atoms with van der Waals surface area (Å²) in [4.78, 5) is 39.6. The number of carbonyl (C=O) groups is 3. The molecule has 2 rings (SSSR count). The van der Waals surface area contributed by atoms with Crippen LogP contribution >= 0.6 is 0 Å². The molecule has 2 bridgehead atoms. The Kier molecular flexibility index (Phi) is 12.3. The maximum Gasteiger partial charge on any atom is 0.418 e. The van der Waals surface area contributed by atoms with Gasteiger partial charge in [-0.05, 0) is 38.5 Å². The third-order valence-electron chi connectivity index (χ3n) is 8.27. The van der Waals surface area contributed by atoms with Crippen LogP contribution in [0.5, 0.6) is 0 Å². The van der Waals surface area contributed by atoms with Gasteiger partial charge in [-0.25, -0.2) is 4.79 Å². The smallest absolute Gasteiger partial charge is 0.418 e. The van der Waals surface area contributed by atoms with E-state index in [1.54, 1.807) is 0 Å². The zero-order valence-corrected chi connectivity index (χ0v) is 24.6. The molecule has 0 aromatic rings. The number of piperidine rings is 1. The van der Waals surface area contributed by atoms with Gasteiger partial charge in [0.15, 0.2) is 6.09 Å². The minimum absolute atomic E-state index is 0.00478. The normalized spacial score (nSPS) is 22.2. The molecule has 0 aliphatic carbocycles. The number of carboxylic acid groups (broad SMARTS) is 1. The van der Waals surface area contributed by atoms with E-state index >= 15 is 0 Å². The molecular formula is C25H47N5O8S. The zero-order valence-electron chi connectivity index (χ0n) is 23.8. The fraction of sp³-hybridized carbons (Fsp3) is 0.880. The average molecular weight is 578 g/mol. The molecule has 4 amide bonds. The predicted octanol–water partition coefficient (Wildman–Crippen LogP) is 2.10. The minimum Gasteiger partial charge on any atom is -0.529 e. The van der Waals surface area contributed by atoms with Crippen molar-refractivity contribution < 1.29 is 41.2 Å². The van der Waals surface area contributed by atoms with Gasteiger partial charge in [0.1, 0.15) is 5.54 Å². The lowest BCUT2D eigenvalue weighted by Crippen LogP contribution is -2.68. The van der Waals surface area contributed by atoms with Crippen LogP contribution in [0.2, 0.25) is 0 Å². The SMILES string of the molecule is CCCC[N+](CCCC)(CCCC)C(CCC)C[C@]1(C(=O)NNC(=O)[O-])CC[C@@H]2CN1C(=O)N2OS(=O)(=O)O. The summed E-state index contributed by atoms with van der Waals surface area (Å²) in [6.07, 6.45) is 6.75. The van der Waals surface area contributed by atoms with Crippen LogP contribution in [0.3, 0.4) is 0 Å².